The van der Waals surface area contributed by atoms with Crippen LogP contribution in [0.4, 0.5) is 5.69 Å². The van der Waals surface area contributed by atoms with Crippen molar-refractivity contribution in [2.24, 2.45) is 32.6 Å². The molecule has 4 rings (SSSR count). The van der Waals surface area contributed by atoms with Crippen LogP contribution in [0.1, 0.15) is 16.7 Å². The lowest BCUT2D eigenvalue weighted by atomic mass is 10.2. The second kappa shape index (κ2) is 22.1. The van der Waals surface area contributed by atoms with Gasteiger partial charge in [-0.05, 0) is 122 Å². The molecule has 0 aliphatic carbocycles. The Bertz CT molecular complexity index is 1510. The SMILES string of the molecule is COc1ccc(CNN)cc1.COc1ccc(N=C(N)c2c(Br)cccc2SN)cc1.N=C(N)c1c(Br)cccc1SN.N=N. The number of hydrogen-bond donors (Lipinski definition) is 9. The molecule has 240 valence electrons. The zero-order chi connectivity index (χ0) is 33.8. The molecule has 0 radical (unpaired) electrons. The van der Waals surface area contributed by atoms with Gasteiger partial charge in [0.05, 0.1) is 19.9 Å². The van der Waals surface area contributed by atoms with Gasteiger partial charge in [0.15, 0.2) is 0 Å². The van der Waals surface area contributed by atoms with E-state index in [-0.39, 0.29) is 5.84 Å². The van der Waals surface area contributed by atoms with Crippen molar-refractivity contribution in [3.63, 3.8) is 0 Å². The van der Waals surface area contributed by atoms with Crippen LogP contribution in [0.15, 0.2) is 109 Å². The van der Waals surface area contributed by atoms with Gasteiger partial charge in [-0.2, -0.15) is 0 Å². The molecule has 0 aliphatic heterocycles. The van der Waals surface area contributed by atoms with Gasteiger partial charge in [0.2, 0.25) is 0 Å². The van der Waals surface area contributed by atoms with E-state index in [1.54, 1.807) is 14.2 Å². The molecule has 4 aromatic rings. The number of nitrogens with zero attached hydrogens (tertiary/aromatic N) is 1. The Kier molecular flexibility index (Phi) is 19.4. The smallest absolute Gasteiger partial charge is 0.133 e. The summed E-state index contributed by atoms with van der Waals surface area (Å²) in [6.07, 6.45) is 0. The fraction of sp³-hybridized carbons (Fsp3) is 0.103. The Labute approximate surface area is 288 Å². The Balaban J connectivity index is 0.000000349. The summed E-state index contributed by atoms with van der Waals surface area (Å²) >= 11 is 9.00. The molecule has 0 aliphatic rings. The van der Waals surface area contributed by atoms with E-state index in [1.807, 2.05) is 84.9 Å². The number of hydrogen-bond acceptors (Lipinski definition) is 12. The van der Waals surface area contributed by atoms with Gasteiger partial charge >= 0.3 is 0 Å². The maximum Gasteiger partial charge on any atom is 0.133 e. The number of hydrazine groups is 1. The van der Waals surface area contributed by atoms with Crippen LogP contribution >= 0.6 is 55.8 Å². The van der Waals surface area contributed by atoms with E-state index in [9.17, 15) is 0 Å². The number of ether oxygens (including phenoxy) is 2. The van der Waals surface area contributed by atoms with Gasteiger partial charge in [0.1, 0.15) is 23.2 Å². The lowest BCUT2D eigenvalue weighted by Crippen LogP contribution is -2.20. The summed E-state index contributed by atoms with van der Waals surface area (Å²) in [6, 6.07) is 26.4. The van der Waals surface area contributed by atoms with E-state index >= 15 is 0 Å². The molecule has 16 heteroatoms. The highest BCUT2D eigenvalue weighted by molar-refractivity contribution is 9.10. The molecular weight excluding hydrogens is 744 g/mol. The van der Waals surface area contributed by atoms with Crippen molar-refractivity contribution in [3.05, 3.63) is 111 Å². The first kappa shape index (κ1) is 39.5. The maximum atomic E-state index is 7.30. The fourth-order valence-corrected chi connectivity index (χ4v) is 5.82. The minimum absolute atomic E-state index is 0.0235. The zero-order valence-electron chi connectivity index (χ0n) is 24.5. The van der Waals surface area contributed by atoms with Crippen LogP contribution in [-0.4, -0.2) is 25.9 Å². The van der Waals surface area contributed by atoms with Crippen LogP contribution in [0.5, 0.6) is 11.5 Å². The third-order valence-electron chi connectivity index (χ3n) is 5.52. The van der Waals surface area contributed by atoms with Gasteiger partial charge in [-0.25, -0.2) is 16.1 Å². The second-order valence-electron chi connectivity index (χ2n) is 8.30. The number of aliphatic imine (C=N–C) groups is 1. The average molecular weight is 781 g/mol. The topological polar surface area (TPSA) is 244 Å². The highest BCUT2D eigenvalue weighted by Gasteiger charge is 2.11. The number of benzene rings is 4. The van der Waals surface area contributed by atoms with Gasteiger partial charge < -0.3 is 20.9 Å². The predicted molar refractivity (Wildman–Crippen MR) is 192 cm³/mol. The van der Waals surface area contributed by atoms with E-state index in [1.165, 1.54) is 0 Å². The van der Waals surface area contributed by atoms with Crippen molar-refractivity contribution in [1.29, 1.82) is 16.5 Å². The highest BCUT2D eigenvalue weighted by atomic mass is 79.9. The van der Waals surface area contributed by atoms with E-state index in [0.717, 1.165) is 70.9 Å². The van der Waals surface area contributed by atoms with Gasteiger partial charge in [-0.15, -0.1) is 0 Å². The molecule has 12 nitrogen and oxygen atoms in total. The van der Waals surface area contributed by atoms with Gasteiger partial charge in [-0.1, -0.05) is 24.3 Å². The number of rotatable bonds is 9. The third-order valence-corrected chi connectivity index (χ3v) is 8.03. The Hall–Kier alpha value is -3.48. The first-order chi connectivity index (χ1) is 21.7. The number of nitrogen functional groups attached to an aromatic ring is 1. The standard InChI is InChI=1S/C14H14BrN3OS.C8H12N2O.C7H8BrN3S.H2N2/c1-19-10-7-5-9(6-8-10)18-14(16)13-11(15)3-2-4-12(13)20-17;1-11-8-4-2-7(3-5-8)6-10-9;8-4-2-1-3-5(12-11)6(4)7(9)10;1-2/h2-8H,17H2,1H3,(H2,16,18);2-5,10H,6,9H2,1H3;1-3H,11H2,(H3,9,10);1-2H. The normalized spacial score (nSPS) is 10.2. The first-order valence-corrected chi connectivity index (χ1v) is 16.0. The number of methoxy groups -OCH3 is 2. The Morgan fingerprint density at radius 3 is 1.60 bits per heavy atom. The minimum Gasteiger partial charge on any atom is -0.497 e. The summed E-state index contributed by atoms with van der Waals surface area (Å²) in [5, 5.41) is 18.4. The zero-order valence-corrected chi connectivity index (χ0v) is 29.3. The summed E-state index contributed by atoms with van der Waals surface area (Å²) in [5.74, 6) is 7.23. The molecule has 0 unspecified atom stereocenters. The van der Waals surface area contributed by atoms with Gasteiger partial charge in [0, 0.05) is 36.4 Å². The number of amidine groups is 2. The van der Waals surface area contributed by atoms with E-state index < -0.39 is 0 Å². The third kappa shape index (κ3) is 13.2. The quantitative estimate of drug-likeness (QED) is 0.0225. The van der Waals surface area contributed by atoms with E-state index in [0.29, 0.717) is 17.9 Å². The van der Waals surface area contributed by atoms with Gasteiger partial charge in [0.25, 0.3) is 0 Å². The van der Waals surface area contributed by atoms with E-state index in [2.05, 4.69) is 42.3 Å². The van der Waals surface area contributed by atoms with Gasteiger partial charge in [-0.3, -0.25) is 27.0 Å². The van der Waals surface area contributed by atoms with Crippen molar-refractivity contribution < 1.29 is 9.47 Å². The molecule has 0 bridgehead atoms. The van der Waals surface area contributed by atoms with Crippen molar-refractivity contribution in [3.8, 4) is 11.5 Å². The number of nitrogens with two attached hydrogens (primary N) is 5. The monoisotopic (exact) mass is 778 g/mol. The molecule has 0 spiro atoms. The molecule has 4 aromatic carbocycles. The second-order valence-corrected chi connectivity index (χ2v) is 11.4. The Morgan fingerprint density at radius 2 is 1.20 bits per heavy atom. The molecule has 0 saturated carbocycles. The molecule has 45 heavy (non-hydrogen) atoms. The van der Waals surface area contributed by atoms with Crippen LogP contribution in [0, 0.1) is 16.5 Å². The Morgan fingerprint density at radius 1 is 0.756 bits per heavy atom. The lowest BCUT2D eigenvalue weighted by molar-refractivity contribution is 0.414. The van der Waals surface area contributed by atoms with Crippen molar-refractivity contribution in [1.82, 2.24) is 5.43 Å². The summed E-state index contributed by atoms with van der Waals surface area (Å²) in [7, 11) is 3.27. The maximum absolute atomic E-state index is 7.30. The number of halogens is 2. The number of nitrogens with one attached hydrogen (secondary N) is 4. The predicted octanol–water partition coefficient (Wildman–Crippen LogP) is 6.41. The summed E-state index contributed by atoms with van der Waals surface area (Å²) in [6.45, 7) is 0.685. The summed E-state index contributed by atoms with van der Waals surface area (Å²) < 4.78 is 11.8. The van der Waals surface area contributed by atoms with Crippen LogP contribution in [-0.2, 0) is 6.54 Å². The molecule has 14 N–H and O–H groups in total. The molecular formula is C29H36Br2N10O2S2. The first-order valence-electron chi connectivity index (χ1n) is 12.6. The lowest BCUT2D eigenvalue weighted by Gasteiger charge is -2.09. The van der Waals surface area contributed by atoms with Crippen LogP contribution in [0.3, 0.4) is 0 Å². The molecule has 0 atom stereocenters. The van der Waals surface area contributed by atoms with Crippen molar-refractivity contribution >= 4 is 73.1 Å². The van der Waals surface area contributed by atoms with E-state index in [4.69, 9.17) is 53.5 Å². The molecule has 0 amide bonds. The highest BCUT2D eigenvalue weighted by Crippen LogP contribution is 2.28. The molecule has 0 saturated heterocycles. The molecule has 0 heterocycles. The van der Waals surface area contributed by atoms with Crippen LogP contribution in [0.25, 0.3) is 0 Å². The summed E-state index contributed by atoms with van der Waals surface area (Å²) in [5.41, 5.74) is 27.4. The van der Waals surface area contributed by atoms with Crippen molar-refractivity contribution in [2.75, 3.05) is 14.2 Å². The molecule has 0 aromatic heterocycles. The summed E-state index contributed by atoms with van der Waals surface area (Å²) in [4.78, 5) is 6.09. The van der Waals surface area contributed by atoms with Crippen LogP contribution < -0.4 is 42.5 Å². The van der Waals surface area contributed by atoms with Crippen LogP contribution in [0.2, 0.25) is 0 Å². The fourth-order valence-electron chi connectivity index (χ4n) is 3.43. The largest absolute Gasteiger partial charge is 0.497 e. The average Bonchev–Trinajstić information content (AvgIpc) is 3.06. The molecule has 0 fully saturated rings. The van der Waals surface area contributed by atoms with Crippen molar-refractivity contribution in [2.45, 2.75) is 16.3 Å². The minimum atomic E-state index is 0.0235.